The third-order valence-electron chi connectivity index (χ3n) is 6.17. The van der Waals surface area contributed by atoms with Crippen molar-refractivity contribution in [1.82, 2.24) is 0 Å². The van der Waals surface area contributed by atoms with Crippen LogP contribution in [0.25, 0.3) is 5.76 Å². The summed E-state index contributed by atoms with van der Waals surface area (Å²) in [6.07, 6.45) is 3.16. The van der Waals surface area contributed by atoms with Gasteiger partial charge < -0.3 is 15.2 Å². The number of anilines is 2. The van der Waals surface area contributed by atoms with E-state index >= 15 is 0 Å². The molecule has 37 heavy (non-hydrogen) atoms. The lowest BCUT2D eigenvalue weighted by Crippen LogP contribution is -2.29. The summed E-state index contributed by atoms with van der Waals surface area (Å²) in [6, 6.07) is 21.8. The van der Waals surface area contributed by atoms with Crippen LogP contribution in [0.2, 0.25) is 0 Å². The number of unbranched alkanes of at least 4 members (excludes halogenated alkanes) is 2. The van der Waals surface area contributed by atoms with Gasteiger partial charge in [0.25, 0.3) is 11.7 Å². The second-order valence-electron chi connectivity index (χ2n) is 8.89. The first-order chi connectivity index (χ1) is 17.9. The number of ether oxygens (including phenoxy) is 1. The predicted octanol–water partition coefficient (Wildman–Crippen LogP) is 5.84. The van der Waals surface area contributed by atoms with Crippen LogP contribution < -0.4 is 15.0 Å². The molecule has 2 N–H and O–H groups in total. The highest BCUT2D eigenvalue weighted by Crippen LogP contribution is 2.42. The zero-order chi connectivity index (χ0) is 26.4. The molecule has 0 radical (unpaired) electrons. The quantitative estimate of drug-likeness (QED) is 0.167. The van der Waals surface area contributed by atoms with Crippen LogP contribution in [0.4, 0.5) is 11.4 Å². The Bertz CT molecular complexity index is 1300. The Kier molecular flexibility index (Phi) is 8.03. The summed E-state index contributed by atoms with van der Waals surface area (Å²) in [7, 11) is 0. The first-order valence-electron chi connectivity index (χ1n) is 12.4. The maximum atomic E-state index is 13.3. The number of hydrogen-bond donors (Lipinski definition) is 2. The van der Waals surface area contributed by atoms with Crippen molar-refractivity contribution in [2.24, 2.45) is 0 Å². The number of nitrogens with zero attached hydrogens (tertiary/aromatic N) is 1. The maximum absolute atomic E-state index is 13.3. The van der Waals surface area contributed by atoms with E-state index in [4.69, 9.17) is 4.74 Å². The third kappa shape index (κ3) is 5.72. The van der Waals surface area contributed by atoms with Crippen LogP contribution in [0.1, 0.15) is 50.3 Å². The van der Waals surface area contributed by atoms with Crippen molar-refractivity contribution in [1.29, 1.82) is 0 Å². The Morgan fingerprint density at radius 3 is 2.24 bits per heavy atom. The first kappa shape index (κ1) is 25.7. The Morgan fingerprint density at radius 1 is 0.946 bits per heavy atom. The number of carbonyl (C=O) groups excluding carboxylic acids is 3. The molecule has 3 aromatic carbocycles. The van der Waals surface area contributed by atoms with Gasteiger partial charge in [-0.05, 0) is 60.5 Å². The number of ketones is 1. The molecule has 1 aliphatic rings. The molecular formula is C30H30N2O5. The maximum Gasteiger partial charge on any atom is 0.300 e. The fraction of sp³-hybridized carbons (Fsp3) is 0.233. The number of nitrogens with one attached hydrogen (secondary N) is 1. The van der Waals surface area contributed by atoms with Crippen molar-refractivity contribution < 1.29 is 24.2 Å². The van der Waals surface area contributed by atoms with Gasteiger partial charge in [-0.25, -0.2) is 0 Å². The average molecular weight is 499 g/mol. The van der Waals surface area contributed by atoms with E-state index in [2.05, 4.69) is 12.2 Å². The lowest BCUT2D eigenvalue weighted by atomic mass is 9.95. The van der Waals surface area contributed by atoms with E-state index in [1.54, 1.807) is 48.5 Å². The number of amides is 2. The number of rotatable bonds is 9. The third-order valence-corrected chi connectivity index (χ3v) is 6.17. The van der Waals surface area contributed by atoms with Crippen LogP contribution in [0.5, 0.6) is 5.75 Å². The van der Waals surface area contributed by atoms with E-state index in [0.717, 1.165) is 19.3 Å². The molecule has 3 aromatic rings. The van der Waals surface area contributed by atoms with Gasteiger partial charge in [-0.2, -0.15) is 0 Å². The topological polar surface area (TPSA) is 95.9 Å². The standard InChI is InChI=1S/C30H30N2O5/c1-3-4-8-19-37-25-17-11-22(12-18-25)28(34)26-27(21-9-6-5-7-10-21)32(30(36)29(26)35)24-15-13-23(14-16-24)31-20(2)33/h5-7,9-18,27,34H,3-4,8,19H2,1-2H3,(H,31,33)/b28-26+. The van der Waals surface area contributed by atoms with Crippen molar-refractivity contribution in [3.05, 3.63) is 95.6 Å². The lowest BCUT2D eigenvalue weighted by Gasteiger charge is -2.25. The van der Waals surface area contributed by atoms with E-state index in [1.165, 1.54) is 11.8 Å². The van der Waals surface area contributed by atoms with Crippen LogP contribution >= 0.6 is 0 Å². The van der Waals surface area contributed by atoms with Crippen LogP contribution in [-0.2, 0) is 14.4 Å². The SMILES string of the molecule is CCCCCOc1ccc(/C(O)=C2\C(=O)C(=O)N(c3ccc(NC(C)=O)cc3)C2c2ccccc2)cc1. The van der Waals surface area contributed by atoms with Crippen LogP contribution in [0.15, 0.2) is 84.4 Å². The molecule has 190 valence electrons. The zero-order valence-electron chi connectivity index (χ0n) is 20.9. The molecule has 1 fully saturated rings. The monoisotopic (exact) mass is 498 g/mol. The second-order valence-corrected chi connectivity index (χ2v) is 8.89. The van der Waals surface area contributed by atoms with Crippen molar-refractivity contribution >= 4 is 34.7 Å². The normalized spacial score (nSPS) is 16.6. The van der Waals surface area contributed by atoms with Gasteiger partial charge >= 0.3 is 0 Å². The van der Waals surface area contributed by atoms with Crippen molar-refractivity contribution in [3.8, 4) is 5.75 Å². The minimum atomic E-state index is -0.821. The summed E-state index contributed by atoms with van der Waals surface area (Å²) in [5.41, 5.74) is 2.16. The summed E-state index contributed by atoms with van der Waals surface area (Å²) < 4.78 is 5.75. The molecule has 1 unspecified atom stereocenters. The van der Waals surface area contributed by atoms with E-state index in [-0.39, 0.29) is 17.2 Å². The van der Waals surface area contributed by atoms with Gasteiger partial charge in [-0.3, -0.25) is 19.3 Å². The molecule has 0 aromatic heterocycles. The van der Waals surface area contributed by atoms with Crippen molar-refractivity contribution in [2.75, 3.05) is 16.8 Å². The zero-order valence-corrected chi connectivity index (χ0v) is 20.9. The summed E-state index contributed by atoms with van der Waals surface area (Å²) in [5, 5.41) is 14.0. The number of Topliss-reactive ketones (excluding diaryl/α,β-unsaturated/α-hetero) is 1. The number of aliphatic hydroxyl groups is 1. The lowest BCUT2D eigenvalue weighted by molar-refractivity contribution is -0.132. The van der Waals surface area contributed by atoms with Gasteiger partial charge in [0.2, 0.25) is 5.91 Å². The molecule has 7 nitrogen and oxygen atoms in total. The number of carbonyl (C=O) groups is 3. The molecule has 0 saturated carbocycles. The highest BCUT2D eigenvalue weighted by atomic mass is 16.5. The van der Waals surface area contributed by atoms with Crippen LogP contribution in [0.3, 0.4) is 0 Å². The van der Waals surface area contributed by atoms with E-state index in [0.29, 0.717) is 34.9 Å². The molecule has 4 rings (SSSR count). The molecule has 2 amide bonds. The summed E-state index contributed by atoms with van der Waals surface area (Å²) >= 11 is 0. The van der Waals surface area contributed by atoms with Gasteiger partial charge in [0.15, 0.2) is 0 Å². The van der Waals surface area contributed by atoms with Crippen molar-refractivity contribution in [2.45, 2.75) is 39.2 Å². The fourth-order valence-electron chi connectivity index (χ4n) is 4.36. The molecule has 1 heterocycles. The average Bonchev–Trinajstić information content (AvgIpc) is 3.17. The van der Waals surface area contributed by atoms with Gasteiger partial charge in [0.1, 0.15) is 11.5 Å². The van der Waals surface area contributed by atoms with E-state index < -0.39 is 17.7 Å². The van der Waals surface area contributed by atoms with Crippen LogP contribution in [0, 0.1) is 0 Å². The molecule has 1 saturated heterocycles. The summed E-state index contributed by atoms with van der Waals surface area (Å²) in [4.78, 5) is 39.3. The van der Waals surface area contributed by atoms with Gasteiger partial charge in [-0.1, -0.05) is 50.1 Å². The van der Waals surface area contributed by atoms with Gasteiger partial charge in [0, 0.05) is 23.9 Å². The largest absolute Gasteiger partial charge is 0.507 e. The number of aliphatic hydroxyl groups excluding tert-OH is 1. The van der Waals surface area contributed by atoms with Crippen molar-refractivity contribution in [3.63, 3.8) is 0 Å². The summed E-state index contributed by atoms with van der Waals surface area (Å²) in [6.45, 7) is 4.15. The van der Waals surface area contributed by atoms with Crippen LogP contribution in [-0.4, -0.2) is 29.3 Å². The Hall–Kier alpha value is -4.39. The van der Waals surface area contributed by atoms with E-state index in [1.807, 2.05) is 30.3 Å². The Labute approximate surface area is 216 Å². The fourth-order valence-corrected chi connectivity index (χ4v) is 4.36. The minimum absolute atomic E-state index is 0.0127. The number of benzene rings is 3. The number of hydrogen-bond acceptors (Lipinski definition) is 5. The van der Waals surface area contributed by atoms with Gasteiger partial charge in [-0.15, -0.1) is 0 Å². The molecule has 7 heteroatoms. The highest BCUT2D eigenvalue weighted by molar-refractivity contribution is 6.51. The van der Waals surface area contributed by atoms with Gasteiger partial charge in [0.05, 0.1) is 18.2 Å². The molecule has 0 bridgehead atoms. The minimum Gasteiger partial charge on any atom is -0.507 e. The first-order valence-corrected chi connectivity index (χ1v) is 12.4. The molecule has 1 aliphatic heterocycles. The molecular weight excluding hydrogens is 468 g/mol. The second kappa shape index (κ2) is 11.6. The Morgan fingerprint density at radius 2 is 1.62 bits per heavy atom. The summed E-state index contributed by atoms with van der Waals surface area (Å²) in [5.74, 6) is -1.29. The Balaban J connectivity index is 1.71. The molecule has 0 aliphatic carbocycles. The van der Waals surface area contributed by atoms with E-state index in [9.17, 15) is 19.5 Å². The predicted molar refractivity (Wildman–Crippen MR) is 143 cm³/mol. The molecule has 0 spiro atoms. The smallest absolute Gasteiger partial charge is 0.300 e. The molecule has 1 atom stereocenters. The highest BCUT2D eigenvalue weighted by Gasteiger charge is 2.46.